The lowest BCUT2D eigenvalue weighted by Crippen LogP contribution is -2.45. The molecule has 1 heterocycles. The molecule has 1 fully saturated rings. The molecule has 156 valence electrons. The standard InChI is InChI=1S/C27H38N2/c1-7-29(26-21(4)12-11-13-22(26)5)23(6)27(28-18-9-8-10-19-28)25-16-14-24(15-17-25)20(2)3/h7,11-13,16,24,27H,1-2,6,8-10,14-15,17-19H2,3-5H3/t24-,27?/m1/s1. The van der Waals surface area contributed by atoms with Crippen LogP contribution < -0.4 is 4.90 Å². The van der Waals surface area contributed by atoms with Crippen molar-refractivity contribution >= 4 is 5.69 Å². The summed E-state index contributed by atoms with van der Waals surface area (Å²) in [6, 6.07) is 6.75. The molecule has 2 atom stereocenters. The minimum absolute atomic E-state index is 0.262. The van der Waals surface area contributed by atoms with E-state index in [1.54, 1.807) is 0 Å². The fraction of sp³-hybridized carbons (Fsp3) is 0.481. The van der Waals surface area contributed by atoms with Gasteiger partial charge in [-0.05, 0) is 83.0 Å². The van der Waals surface area contributed by atoms with Crippen LogP contribution in [0.4, 0.5) is 5.69 Å². The third-order valence-corrected chi connectivity index (χ3v) is 6.74. The Bertz CT molecular complexity index is 775. The van der Waals surface area contributed by atoms with Crippen molar-refractivity contribution in [3.63, 3.8) is 0 Å². The Morgan fingerprint density at radius 3 is 2.31 bits per heavy atom. The summed E-state index contributed by atoms with van der Waals surface area (Å²) in [5.74, 6) is 0.628. The summed E-state index contributed by atoms with van der Waals surface area (Å²) in [4.78, 5) is 4.90. The van der Waals surface area contributed by atoms with Crippen LogP contribution in [-0.2, 0) is 0 Å². The number of aryl methyl sites for hydroxylation is 2. The fourth-order valence-electron chi connectivity index (χ4n) is 5.06. The largest absolute Gasteiger partial charge is 0.320 e. The first-order valence-corrected chi connectivity index (χ1v) is 11.2. The van der Waals surface area contributed by atoms with E-state index < -0.39 is 0 Å². The highest BCUT2D eigenvalue weighted by molar-refractivity contribution is 5.65. The monoisotopic (exact) mass is 390 g/mol. The highest BCUT2D eigenvalue weighted by atomic mass is 15.2. The van der Waals surface area contributed by atoms with Gasteiger partial charge < -0.3 is 4.90 Å². The van der Waals surface area contributed by atoms with Gasteiger partial charge in [0.25, 0.3) is 0 Å². The first-order chi connectivity index (χ1) is 13.9. The smallest absolute Gasteiger partial charge is 0.0713 e. The van der Waals surface area contributed by atoms with Crippen LogP contribution in [0.5, 0.6) is 0 Å². The van der Waals surface area contributed by atoms with E-state index >= 15 is 0 Å². The average molecular weight is 391 g/mol. The minimum atomic E-state index is 0.262. The van der Waals surface area contributed by atoms with Crippen molar-refractivity contribution in [1.82, 2.24) is 4.90 Å². The maximum absolute atomic E-state index is 4.64. The number of likely N-dealkylation sites (tertiary alicyclic amines) is 1. The van der Waals surface area contributed by atoms with Crippen LogP contribution in [0, 0.1) is 19.8 Å². The predicted octanol–water partition coefficient (Wildman–Crippen LogP) is 6.92. The van der Waals surface area contributed by atoms with E-state index in [0.29, 0.717) is 5.92 Å². The molecule has 2 aliphatic rings. The minimum Gasteiger partial charge on any atom is -0.320 e. The van der Waals surface area contributed by atoms with Crippen molar-refractivity contribution in [2.45, 2.75) is 65.3 Å². The molecule has 1 unspecified atom stereocenters. The molecule has 0 amide bonds. The van der Waals surface area contributed by atoms with E-state index in [4.69, 9.17) is 0 Å². The third kappa shape index (κ3) is 4.75. The molecule has 0 N–H and O–H groups in total. The van der Waals surface area contributed by atoms with Crippen molar-refractivity contribution in [1.29, 1.82) is 0 Å². The Labute approximate surface area is 178 Å². The van der Waals surface area contributed by atoms with E-state index in [0.717, 1.165) is 31.6 Å². The maximum Gasteiger partial charge on any atom is 0.0713 e. The number of hydrogen-bond acceptors (Lipinski definition) is 2. The van der Waals surface area contributed by atoms with Crippen LogP contribution in [-0.4, -0.2) is 24.0 Å². The van der Waals surface area contributed by atoms with Gasteiger partial charge in [0.2, 0.25) is 0 Å². The SMILES string of the molecule is C=CN(C(=C)C(C1=CC[C@@H](C(=C)C)CC1)N1CCCCC1)c1c(C)cccc1C. The van der Waals surface area contributed by atoms with E-state index in [-0.39, 0.29) is 6.04 Å². The van der Waals surface area contributed by atoms with Gasteiger partial charge in [0, 0.05) is 11.9 Å². The van der Waals surface area contributed by atoms with Crippen LogP contribution >= 0.6 is 0 Å². The topological polar surface area (TPSA) is 6.48 Å². The van der Waals surface area contributed by atoms with Gasteiger partial charge in [-0.2, -0.15) is 0 Å². The van der Waals surface area contributed by atoms with Crippen molar-refractivity contribution in [3.05, 3.63) is 78.2 Å². The molecule has 0 saturated carbocycles. The summed E-state index contributed by atoms with van der Waals surface area (Å²) in [7, 11) is 0. The molecule has 0 aromatic heterocycles. The molecule has 1 saturated heterocycles. The van der Waals surface area contributed by atoms with Crippen molar-refractivity contribution in [2.24, 2.45) is 5.92 Å². The van der Waals surface area contributed by atoms with Crippen LogP contribution in [0.15, 0.2) is 67.1 Å². The van der Waals surface area contributed by atoms with Gasteiger partial charge in [0.1, 0.15) is 0 Å². The quantitative estimate of drug-likeness (QED) is 0.466. The number of nitrogens with zero attached hydrogens (tertiary/aromatic N) is 2. The number of anilines is 1. The Morgan fingerprint density at radius 1 is 1.14 bits per heavy atom. The highest BCUT2D eigenvalue weighted by Crippen LogP contribution is 2.37. The van der Waals surface area contributed by atoms with Crippen LogP contribution in [0.1, 0.15) is 56.6 Å². The zero-order chi connectivity index (χ0) is 21.0. The molecule has 1 aromatic rings. The Morgan fingerprint density at radius 2 is 1.79 bits per heavy atom. The zero-order valence-electron chi connectivity index (χ0n) is 18.7. The van der Waals surface area contributed by atoms with Crippen molar-refractivity contribution in [2.75, 3.05) is 18.0 Å². The first kappa shape index (κ1) is 21.6. The molecule has 1 aliphatic carbocycles. The normalized spacial score (nSPS) is 21.2. The molecular weight excluding hydrogens is 352 g/mol. The van der Waals surface area contributed by atoms with Gasteiger partial charge in [-0.1, -0.05) is 61.6 Å². The second-order valence-electron chi connectivity index (χ2n) is 8.88. The molecule has 0 radical (unpaired) electrons. The summed E-state index contributed by atoms with van der Waals surface area (Å²) in [5, 5.41) is 0. The van der Waals surface area contributed by atoms with Crippen LogP contribution in [0.2, 0.25) is 0 Å². The summed E-state index contributed by atoms with van der Waals surface area (Å²) in [5.41, 5.74) is 7.75. The molecule has 3 rings (SSSR count). The number of para-hydroxylation sites is 1. The van der Waals surface area contributed by atoms with Gasteiger partial charge in [-0.3, -0.25) is 4.90 Å². The molecule has 0 bridgehead atoms. The van der Waals surface area contributed by atoms with E-state index in [2.05, 4.69) is 74.6 Å². The summed E-state index contributed by atoms with van der Waals surface area (Å²) in [6.45, 7) is 21.8. The van der Waals surface area contributed by atoms with Crippen molar-refractivity contribution in [3.8, 4) is 0 Å². The zero-order valence-corrected chi connectivity index (χ0v) is 18.7. The number of benzene rings is 1. The molecule has 0 spiro atoms. The van der Waals surface area contributed by atoms with Gasteiger partial charge in [-0.15, -0.1) is 0 Å². The number of hydrogen-bond donors (Lipinski definition) is 0. The lowest BCUT2D eigenvalue weighted by atomic mass is 9.82. The summed E-state index contributed by atoms with van der Waals surface area (Å²) in [6.07, 6.45) is 11.8. The fourth-order valence-corrected chi connectivity index (χ4v) is 5.06. The van der Waals surface area contributed by atoms with Gasteiger partial charge >= 0.3 is 0 Å². The average Bonchev–Trinajstić information content (AvgIpc) is 2.72. The maximum atomic E-state index is 4.64. The Kier molecular flexibility index (Phi) is 7.18. The molecule has 2 nitrogen and oxygen atoms in total. The highest BCUT2D eigenvalue weighted by Gasteiger charge is 2.31. The lowest BCUT2D eigenvalue weighted by Gasteiger charge is -2.42. The summed E-state index contributed by atoms with van der Waals surface area (Å²) >= 11 is 0. The molecule has 1 aromatic carbocycles. The number of allylic oxidation sites excluding steroid dienone is 2. The molecular formula is C27H38N2. The Balaban J connectivity index is 1.95. The molecule has 1 aliphatic heterocycles. The number of rotatable bonds is 7. The Hall–Kier alpha value is -2.06. The first-order valence-electron chi connectivity index (χ1n) is 11.2. The van der Waals surface area contributed by atoms with Gasteiger partial charge in [0.05, 0.1) is 11.7 Å². The molecule has 29 heavy (non-hydrogen) atoms. The van der Waals surface area contributed by atoms with Gasteiger partial charge in [-0.25, -0.2) is 0 Å². The lowest BCUT2D eigenvalue weighted by molar-refractivity contribution is 0.197. The predicted molar refractivity (Wildman–Crippen MR) is 127 cm³/mol. The second-order valence-corrected chi connectivity index (χ2v) is 8.88. The van der Waals surface area contributed by atoms with Crippen LogP contribution in [0.3, 0.4) is 0 Å². The summed E-state index contributed by atoms with van der Waals surface area (Å²) < 4.78 is 0. The van der Waals surface area contributed by atoms with Crippen LogP contribution in [0.25, 0.3) is 0 Å². The third-order valence-electron chi connectivity index (χ3n) is 6.74. The second kappa shape index (κ2) is 9.63. The van der Waals surface area contributed by atoms with E-state index in [9.17, 15) is 0 Å². The number of piperidine rings is 1. The van der Waals surface area contributed by atoms with E-state index in [1.165, 1.54) is 53.6 Å². The van der Waals surface area contributed by atoms with Gasteiger partial charge in [0.15, 0.2) is 0 Å². The van der Waals surface area contributed by atoms with E-state index in [1.807, 2.05) is 6.20 Å². The van der Waals surface area contributed by atoms with Crippen molar-refractivity contribution < 1.29 is 0 Å². The molecule has 2 heteroatoms.